The molecule has 1 saturated carbocycles. The fraction of sp³-hybridized carbons (Fsp3) is 0.444. The normalized spacial score (nSPS) is 17.1. The number of nitrogens with zero attached hydrogens (tertiary/aromatic N) is 3. The Bertz CT molecular complexity index is 827. The minimum atomic E-state index is 0.0454. The van der Waals surface area contributed by atoms with Crippen molar-refractivity contribution in [3.63, 3.8) is 0 Å². The molecule has 3 aromatic heterocycles. The summed E-state index contributed by atoms with van der Waals surface area (Å²) in [6.45, 7) is 4.98. The van der Waals surface area contributed by atoms with Gasteiger partial charge in [0.15, 0.2) is 0 Å². The molecule has 0 amide bonds. The smallest absolute Gasteiger partial charge is 0.137 e. The SMILES string of the molecule is Cc1csc(C2(NCc3cn4c(C)cccc4n3)CCCC2)n1. The zero-order chi connectivity index (χ0) is 15.9. The van der Waals surface area contributed by atoms with E-state index in [2.05, 4.69) is 53.3 Å². The Kier molecular flexibility index (Phi) is 3.70. The van der Waals surface area contributed by atoms with Crippen LogP contribution in [0, 0.1) is 13.8 Å². The van der Waals surface area contributed by atoms with Gasteiger partial charge in [-0.05, 0) is 38.8 Å². The number of hydrogen-bond donors (Lipinski definition) is 1. The van der Waals surface area contributed by atoms with Gasteiger partial charge in [-0.1, -0.05) is 18.9 Å². The summed E-state index contributed by atoms with van der Waals surface area (Å²) in [5.74, 6) is 0. The minimum Gasteiger partial charge on any atom is -0.304 e. The first-order valence-corrected chi connectivity index (χ1v) is 9.15. The Morgan fingerprint density at radius 2 is 2.04 bits per heavy atom. The molecule has 1 aliphatic rings. The summed E-state index contributed by atoms with van der Waals surface area (Å²) in [6.07, 6.45) is 7.04. The summed E-state index contributed by atoms with van der Waals surface area (Å²) in [4.78, 5) is 9.51. The van der Waals surface area contributed by atoms with E-state index in [0.29, 0.717) is 0 Å². The van der Waals surface area contributed by atoms with Gasteiger partial charge in [0.05, 0.1) is 11.2 Å². The van der Waals surface area contributed by atoms with E-state index in [-0.39, 0.29) is 5.54 Å². The van der Waals surface area contributed by atoms with E-state index in [1.165, 1.54) is 36.4 Å². The highest BCUT2D eigenvalue weighted by molar-refractivity contribution is 7.09. The van der Waals surface area contributed by atoms with E-state index < -0.39 is 0 Å². The first-order valence-electron chi connectivity index (χ1n) is 8.28. The second kappa shape index (κ2) is 5.73. The molecule has 120 valence electrons. The molecule has 1 fully saturated rings. The standard InChI is InChI=1S/C18H22N4S/c1-13-12-23-17(20-13)18(8-3-4-9-18)19-10-15-11-22-14(2)6-5-7-16(22)21-15/h5-7,11-12,19H,3-4,8-10H2,1-2H3. The Morgan fingerprint density at radius 3 is 2.74 bits per heavy atom. The van der Waals surface area contributed by atoms with Gasteiger partial charge in [0.1, 0.15) is 10.7 Å². The Hall–Kier alpha value is -1.72. The van der Waals surface area contributed by atoms with Crippen molar-refractivity contribution in [1.29, 1.82) is 0 Å². The van der Waals surface area contributed by atoms with Crippen LogP contribution in [0.1, 0.15) is 47.8 Å². The maximum atomic E-state index is 4.76. The molecule has 0 unspecified atom stereocenters. The van der Waals surface area contributed by atoms with Crippen LogP contribution in [0.3, 0.4) is 0 Å². The van der Waals surface area contributed by atoms with Gasteiger partial charge in [-0.2, -0.15) is 0 Å². The molecule has 0 atom stereocenters. The monoisotopic (exact) mass is 326 g/mol. The second-order valence-electron chi connectivity index (χ2n) is 6.56. The molecule has 3 heterocycles. The van der Waals surface area contributed by atoms with Crippen molar-refractivity contribution in [3.8, 4) is 0 Å². The quantitative estimate of drug-likeness (QED) is 0.789. The molecule has 0 aromatic carbocycles. The average molecular weight is 326 g/mol. The van der Waals surface area contributed by atoms with Crippen molar-refractivity contribution in [2.24, 2.45) is 0 Å². The lowest BCUT2D eigenvalue weighted by atomic mass is 9.98. The van der Waals surface area contributed by atoms with Crippen molar-refractivity contribution in [2.75, 3.05) is 0 Å². The summed E-state index contributed by atoms with van der Waals surface area (Å²) in [7, 11) is 0. The maximum Gasteiger partial charge on any atom is 0.137 e. The molecule has 5 heteroatoms. The van der Waals surface area contributed by atoms with Crippen molar-refractivity contribution >= 4 is 17.0 Å². The van der Waals surface area contributed by atoms with Crippen molar-refractivity contribution in [3.05, 3.63) is 51.9 Å². The van der Waals surface area contributed by atoms with Gasteiger partial charge in [0.25, 0.3) is 0 Å². The van der Waals surface area contributed by atoms with Crippen LogP contribution in [0.4, 0.5) is 0 Å². The molecule has 4 nitrogen and oxygen atoms in total. The Labute approximate surface area is 140 Å². The molecule has 0 radical (unpaired) electrons. The predicted octanol–water partition coefficient (Wildman–Crippen LogP) is 3.97. The lowest BCUT2D eigenvalue weighted by Crippen LogP contribution is -2.39. The lowest BCUT2D eigenvalue weighted by molar-refractivity contribution is 0.335. The van der Waals surface area contributed by atoms with Crippen molar-refractivity contribution < 1.29 is 0 Å². The number of aryl methyl sites for hydroxylation is 2. The van der Waals surface area contributed by atoms with E-state index in [1.807, 2.05) is 0 Å². The molecular weight excluding hydrogens is 304 g/mol. The Morgan fingerprint density at radius 1 is 1.22 bits per heavy atom. The van der Waals surface area contributed by atoms with Crippen LogP contribution >= 0.6 is 11.3 Å². The summed E-state index contributed by atoms with van der Waals surface area (Å²) in [5, 5.41) is 7.19. The van der Waals surface area contributed by atoms with Crippen LogP contribution in [0.15, 0.2) is 29.8 Å². The van der Waals surface area contributed by atoms with E-state index in [0.717, 1.165) is 23.6 Å². The zero-order valence-corrected chi connectivity index (χ0v) is 14.5. The Balaban J connectivity index is 1.59. The highest BCUT2D eigenvalue weighted by atomic mass is 32.1. The van der Waals surface area contributed by atoms with E-state index in [1.54, 1.807) is 11.3 Å². The number of rotatable bonds is 4. The highest BCUT2D eigenvalue weighted by Gasteiger charge is 2.37. The minimum absolute atomic E-state index is 0.0454. The number of hydrogen-bond acceptors (Lipinski definition) is 4. The number of fused-ring (bicyclic) bond motifs is 1. The third kappa shape index (κ3) is 2.68. The van der Waals surface area contributed by atoms with E-state index >= 15 is 0 Å². The third-order valence-electron chi connectivity index (χ3n) is 4.84. The van der Waals surface area contributed by atoms with Crippen molar-refractivity contribution in [1.82, 2.24) is 19.7 Å². The molecule has 0 saturated heterocycles. The number of pyridine rings is 1. The molecule has 3 aromatic rings. The van der Waals surface area contributed by atoms with Gasteiger partial charge in [-0.3, -0.25) is 5.32 Å². The fourth-order valence-electron chi connectivity index (χ4n) is 3.56. The van der Waals surface area contributed by atoms with Gasteiger partial charge in [0.2, 0.25) is 0 Å². The van der Waals surface area contributed by atoms with Gasteiger partial charge in [-0.25, -0.2) is 9.97 Å². The molecule has 0 aliphatic heterocycles. The summed E-state index contributed by atoms with van der Waals surface area (Å²) in [5.41, 5.74) is 4.50. The first kappa shape index (κ1) is 14.8. The average Bonchev–Trinajstić information content (AvgIpc) is 3.24. The number of imidazole rings is 1. The van der Waals surface area contributed by atoms with Gasteiger partial charge < -0.3 is 4.40 Å². The lowest BCUT2D eigenvalue weighted by Gasteiger charge is -2.28. The molecule has 1 aliphatic carbocycles. The van der Waals surface area contributed by atoms with Gasteiger partial charge >= 0.3 is 0 Å². The van der Waals surface area contributed by atoms with Crippen LogP contribution in [-0.4, -0.2) is 14.4 Å². The molecule has 23 heavy (non-hydrogen) atoms. The zero-order valence-electron chi connectivity index (χ0n) is 13.7. The molecule has 1 N–H and O–H groups in total. The van der Waals surface area contributed by atoms with Crippen LogP contribution in [0.2, 0.25) is 0 Å². The van der Waals surface area contributed by atoms with Crippen LogP contribution in [0.5, 0.6) is 0 Å². The highest BCUT2D eigenvalue weighted by Crippen LogP contribution is 2.40. The summed E-state index contributed by atoms with van der Waals surface area (Å²) >= 11 is 1.79. The van der Waals surface area contributed by atoms with Gasteiger partial charge in [0, 0.05) is 29.5 Å². The largest absolute Gasteiger partial charge is 0.304 e. The van der Waals surface area contributed by atoms with Crippen LogP contribution in [-0.2, 0) is 12.1 Å². The summed E-state index contributed by atoms with van der Waals surface area (Å²) < 4.78 is 2.16. The first-order chi connectivity index (χ1) is 11.2. The molecule has 0 bridgehead atoms. The molecule has 0 spiro atoms. The van der Waals surface area contributed by atoms with Crippen LogP contribution in [0.25, 0.3) is 5.65 Å². The number of nitrogens with one attached hydrogen (secondary N) is 1. The van der Waals surface area contributed by atoms with Crippen LogP contribution < -0.4 is 5.32 Å². The van der Waals surface area contributed by atoms with E-state index in [4.69, 9.17) is 9.97 Å². The third-order valence-corrected chi connectivity index (χ3v) is 6.00. The van der Waals surface area contributed by atoms with Gasteiger partial charge in [-0.15, -0.1) is 11.3 Å². The fourth-order valence-corrected chi connectivity index (χ4v) is 4.60. The second-order valence-corrected chi connectivity index (χ2v) is 7.42. The molecular formula is C18H22N4S. The maximum absolute atomic E-state index is 4.76. The topological polar surface area (TPSA) is 42.2 Å². The van der Waals surface area contributed by atoms with E-state index in [9.17, 15) is 0 Å². The predicted molar refractivity (Wildman–Crippen MR) is 93.8 cm³/mol. The summed E-state index contributed by atoms with van der Waals surface area (Å²) in [6, 6.07) is 6.24. The number of thiazole rings is 1. The molecule has 4 rings (SSSR count). The number of aromatic nitrogens is 3. The van der Waals surface area contributed by atoms with Crippen molar-refractivity contribution in [2.45, 2.75) is 51.6 Å².